The molecule has 1 saturated heterocycles. The standard InChI is InChI=1S/C23H35NO2/c1-15-5-10-21(22(25)11-15)23(2,3)24-13-17-12-19(20(17)14-24)16-6-8-18(26-4)9-7-16/h6-9,15,17,19-22,25H,5,10-14H2,1-4H3/t15-,17-,19-,20+,21-,22-/m1/s1. The van der Waals surface area contributed by atoms with Gasteiger partial charge in [-0.15, -0.1) is 0 Å². The molecule has 6 atom stereocenters. The van der Waals surface area contributed by atoms with Gasteiger partial charge in [-0.05, 0) is 74.5 Å². The highest BCUT2D eigenvalue weighted by Gasteiger charge is 2.52. The van der Waals surface area contributed by atoms with Gasteiger partial charge < -0.3 is 9.84 Å². The first-order chi connectivity index (χ1) is 12.4. The molecule has 2 aliphatic carbocycles. The van der Waals surface area contributed by atoms with Crippen LogP contribution in [0.15, 0.2) is 24.3 Å². The molecule has 4 rings (SSSR count). The minimum absolute atomic E-state index is 0.0986. The third kappa shape index (κ3) is 3.07. The summed E-state index contributed by atoms with van der Waals surface area (Å²) in [7, 11) is 1.73. The van der Waals surface area contributed by atoms with Gasteiger partial charge in [-0.1, -0.05) is 25.5 Å². The van der Waals surface area contributed by atoms with E-state index in [0.29, 0.717) is 17.8 Å². The molecule has 3 nitrogen and oxygen atoms in total. The predicted molar refractivity (Wildman–Crippen MR) is 105 cm³/mol. The van der Waals surface area contributed by atoms with Crippen molar-refractivity contribution in [3.63, 3.8) is 0 Å². The van der Waals surface area contributed by atoms with E-state index in [-0.39, 0.29) is 11.6 Å². The van der Waals surface area contributed by atoms with E-state index in [1.165, 1.54) is 37.9 Å². The fraction of sp³-hybridized carbons (Fsp3) is 0.739. The van der Waals surface area contributed by atoms with E-state index in [0.717, 1.165) is 24.0 Å². The van der Waals surface area contributed by atoms with Crippen molar-refractivity contribution in [2.45, 2.75) is 64.0 Å². The lowest BCUT2D eigenvalue weighted by atomic mass is 9.64. The third-order valence-electron chi connectivity index (χ3n) is 7.91. The fourth-order valence-electron chi connectivity index (χ4n) is 6.02. The molecule has 1 aromatic rings. The summed E-state index contributed by atoms with van der Waals surface area (Å²) in [6.07, 6.45) is 4.59. The van der Waals surface area contributed by atoms with Crippen LogP contribution in [0.2, 0.25) is 0 Å². The zero-order valence-corrected chi connectivity index (χ0v) is 16.8. The van der Waals surface area contributed by atoms with Gasteiger partial charge in [0, 0.05) is 24.5 Å². The Balaban J connectivity index is 1.43. The van der Waals surface area contributed by atoms with Crippen molar-refractivity contribution in [1.29, 1.82) is 0 Å². The molecular weight excluding hydrogens is 322 g/mol. The van der Waals surface area contributed by atoms with Gasteiger partial charge in [0.05, 0.1) is 13.2 Å². The van der Waals surface area contributed by atoms with Gasteiger partial charge >= 0.3 is 0 Å². The summed E-state index contributed by atoms with van der Waals surface area (Å²) in [5.74, 6) is 4.34. The number of ether oxygens (including phenoxy) is 1. The van der Waals surface area contributed by atoms with Gasteiger partial charge in [-0.3, -0.25) is 4.90 Å². The normalized spacial score (nSPS) is 37.9. The van der Waals surface area contributed by atoms with E-state index in [1.807, 2.05) is 0 Å². The van der Waals surface area contributed by atoms with Crippen molar-refractivity contribution < 1.29 is 9.84 Å². The maximum absolute atomic E-state index is 10.7. The predicted octanol–water partition coefficient (Wildman–Crippen LogP) is 4.31. The first-order valence-electron chi connectivity index (χ1n) is 10.5. The molecule has 1 heterocycles. The Morgan fingerprint density at radius 1 is 1.08 bits per heavy atom. The van der Waals surface area contributed by atoms with E-state index in [1.54, 1.807) is 7.11 Å². The molecule has 3 fully saturated rings. The van der Waals surface area contributed by atoms with Gasteiger partial charge in [0.15, 0.2) is 0 Å². The lowest BCUT2D eigenvalue weighted by Crippen LogP contribution is -2.53. The Bertz CT molecular complexity index is 626. The van der Waals surface area contributed by atoms with Crippen molar-refractivity contribution in [1.82, 2.24) is 4.90 Å². The molecule has 0 aromatic heterocycles. The second kappa shape index (κ2) is 6.83. The maximum atomic E-state index is 10.7. The molecule has 0 radical (unpaired) electrons. The van der Waals surface area contributed by atoms with Crippen molar-refractivity contribution >= 4 is 0 Å². The van der Waals surface area contributed by atoms with Crippen LogP contribution in [-0.4, -0.2) is 41.8 Å². The third-order valence-corrected chi connectivity index (χ3v) is 7.91. The molecule has 0 unspecified atom stereocenters. The van der Waals surface area contributed by atoms with Crippen LogP contribution in [0.4, 0.5) is 0 Å². The molecular formula is C23H35NO2. The summed E-state index contributed by atoms with van der Waals surface area (Å²) in [6.45, 7) is 9.44. The van der Waals surface area contributed by atoms with Crippen LogP contribution in [0.5, 0.6) is 5.75 Å². The molecule has 0 bridgehead atoms. The SMILES string of the molecule is COc1ccc([C@H]2C[C@@H]3CN(C(C)(C)[C@@H]4CC[C@@H](C)C[C@H]4O)C[C@@H]32)cc1. The average molecular weight is 358 g/mol. The molecule has 1 N–H and O–H groups in total. The van der Waals surface area contributed by atoms with Crippen LogP contribution in [0.3, 0.4) is 0 Å². The van der Waals surface area contributed by atoms with Crippen LogP contribution in [0.25, 0.3) is 0 Å². The number of hydrogen-bond donors (Lipinski definition) is 1. The molecule has 3 aliphatic rings. The van der Waals surface area contributed by atoms with Crippen molar-refractivity contribution in [3.8, 4) is 5.75 Å². The number of hydrogen-bond acceptors (Lipinski definition) is 3. The molecule has 26 heavy (non-hydrogen) atoms. The Kier molecular flexibility index (Phi) is 4.81. The quantitative estimate of drug-likeness (QED) is 0.872. The molecule has 1 aliphatic heterocycles. The highest BCUT2D eigenvalue weighted by Crippen LogP contribution is 2.54. The summed E-state index contributed by atoms with van der Waals surface area (Å²) in [4.78, 5) is 2.70. The highest BCUT2D eigenvalue weighted by molar-refractivity contribution is 5.32. The zero-order valence-electron chi connectivity index (χ0n) is 16.8. The van der Waals surface area contributed by atoms with E-state index in [4.69, 9.17) is 4.74 Å². The Morgan fingerprint density at radius 2 is 1.81 bits per heavy atom. The van der Waals surface area contributed by atoms with Gasteiger partial charge in [0.1, 0.15) is 5.75 Å². The van der Waals surface area contributed by atoms with Crippen molar-refractivity contribution in [2.75, 3.05) is 20.2 Å². The molecule has 144 valence electrons. The Labute approximate surface area is 158 Å². The number of methoxy groups -OCH3 is 1. The highest BCUT2D eigenvalue weighted by atomic mass is 16.5. The molecule has 0 spiro atoms. The van der Waals surface area contributed by atoms with Crippen LogP contribution < -0.4 is 4.74 Å². The number of likely N-dealkylation sites (tertiary alicyclic amines) is 1. The fourth-order valence-corrected chi connectivity index (χ4v) is 6.02. The minimum atomic E-state index is -0.135. The lowest BCUT2D eigenvalue weighted by molar-refractivity contribution is -0.0378. The van der Waals surface area contributed by atoms with Crippen molar-refractivity contribution in [3.05, 3.63) is 29.8 Å². The van der Waals surface area contributed by atoms with Gasteiger partial charge in [-0.2, -0.15) is 0 Å². The number of rotatable bonds is 4. The van der Waals surface area contributed by atoms with Crippen LogP contribution >= 0.6 is 0 Å². The molecule has 1 aromatic carbocycles. The zero-order chi connectivity index (χ0) is 18.5. The van der Waals surface area contributed by atoms with Gasteiger partial charge in [0.25, 0.3) is 0 Å². The number of nitrogens with zero attached hydrogens (tertiary/aromatic N) is 1. The first kappa shape index (κ1) is 18.3. The summed E-state index contributed by atoms with van der Waals surface area (Å²) < 4.78 is 5.30. The topological polar surface area (TPSA) is 32.7 Å². The second-order valence-corrected chi connectivity index (χ2v) is 9.69. The van der Waals surface area contributed by atoms with Crippen LogP contribution in [-0.2, 0) is 0 Å². The number of fused-ring (bicyclic) bond motifs is 1. The van der Waals surface area contributed by atoms with Gasteiger partial charge in [0.2, 0.25) is 0 Å². The van der Waals surface area contributed by atoms with E-state index < -0.39 is 0 Å². The smallest absolute Gasteiger partial charge is 0.118 e. The van der Waals surface area contributed by atoms with E-state index in [2.05, 4.69) is 49.9 Å². The van der Waals surface area contributed by atoms with Crippen molar-refractivity contribution in [2.24, 2.45) is 23.7 Å². The number of benzene rings is 1. The first-order valence-corrected chi connectivity index (χ1v) is 10.5. The summed E-state index contributed by atoms with van der Waals surface area (Å²) in [6, 6.07) is 8.69. The largest absolute Gasteiger partial charge is 0.497 e. The minimum Gasteiger partial charge on any atom is -0.497 e. The van der Waals surface area contributed by atoms with E-state index >= 15 is 0 Å². The number of aliphatic hydroxyl groups excluding tert-OH is 1. The van der Waals surface area contributed by atoms with Gasteiger partial charge in [-0.25, -0.2) is 0 Å². The summed E-state index contributed by atoms with van der Waals surface area (Å²) in [5.41, 5.74) is 1.57. The second-order valence-electron chi connectivity index (χ2n) is 9.69. The molecule has 2 saturated carbocycles. The number of aliphatic hydroxyl groups is 1. The summed E-state index contributed by atoms with van der Waals surface area (Å²) >= 11 is 0. The van der Waals surface area contributed by atoms with E-state index in [9.17, 15) is 5.11 Å². The monoisotopic (exact) mass is 357 g/mol. The molecule has 3 heteroatoms. The lowest BCUT2D eigenvalue weighted by Gasteiger charge is -2.47. The Hall–Kier alpha value is -1.06. The molecule has 0 amide bonds. The average Bonchev–Trinajstić information content (AvgIpc) is 2.93. The maximum Gasteiger partial charge on any atom is 0.118 e. The van der Waals surface area contributed by atoms with Crippen LogP contribution in [0, 0.1) is 23.7 Å². The Morgan fingerprint density at radius 3 is 2.46 bits per heavy atom. The summed E-state index contributed by atoms with van der Waals surface area (Å²) in [5, 5.41) is 10.7. The van der Waals surface area contributed by atoms with Crippen LogP contribution in [0.1, 0.15) is 57.9 Å².